The molecule has 1 N–H and O–H groups in total. The second-order valence-corrected chi connectivity index (χ2v) is 7.63. The second-order valence-electron chi connectivity index (χ2n) is 5.94. The lowest BCUT2D eigenvalue weighted by Gasteiger charge is -2.08. The fourth-order valence-electron chi connectivity index (χ4n) is 2.63. The highest BCUT2D eigenvalue weighted by molar-refractivity contribution is 7.15. The quantitative estimate of drug-likeness (QED) is 0.345. The summed E-state index contributed by atoms with van der Waals surface area (Å²) in [6.45, 7) is 1.98. The number of thiophene rings is 1. The molecule has 0 unspecified atom stereocenters. The predicted molar refractivity (Wildman–Crippen MR) is 120 cm³/mol. The Bertz CT molecular complexity index is 1060. The Morgan fingerprint density at radius 2 is 1.86 bits per heavy atom. The molecule has 1 heterocycles. The third-order valence-corrected chi connectivity index (χ3v) is 5.60. The monoisotopic (exact) mass is 445 g/mol. The Kier molecular flexibility index (Phi) is 7.09. The van der Waals surface area contributed by atoms with Crippen LogP contribution in [0.15, 0.2) is 60.0 Å². The van der Waals surface area contributed by atoms with Crippen LogP contribution in [-0.4, -0.2) is 18.5 Å². The Balaban J connectivity index is 1.85. The summed E-state index contributed by atoms with van der Waals surface area (Å²) < 4.78 is 5.20. The van der Waals surface area contributed by atoms with E-state index in [1.807, 2.05) is 35.7 Å². The van der Waals surface area contributed by atoms with Crippen molar-refractivity contribution in [3.05, 3.63) is 81.2 Å². The van der Waals surface area contributed by atoms with Crippen molar-refractivity contribution >= 4 is 57.5 Å². The molecular formula is C22H17Cl2NO3S. The average Bonchev–Trinajstić information content (AvgIpc) is 3.13. The summed E-state index contributed by atoms with van der Waals surface area (Å²) in [5.74, 6) is -0.848. The summed E-state index contributed by atoms with van der Waals surface area (Å²) in [5.41, 5.74) is 2.67. The molecule has 4 nitrogen and oxygen atoms in total. The van der Waals surface area contributed by atoms with Crippen molar-refractivity contribution in [2.24, 2.45) is 0 Å². The van der Waals surface area contributed by atoms with Gasteiger partial charge >= 0.3 is 5.97 Å². The number of anilines is 1. The van der Waals surface area contributed by atoms with E-state index in [-0.39, 0.29) is 12.5 Å². The van der Waals surface area contributed by atoms with Gasteiger partial charge in [-0.3, -0.25) is 4.79 Å². The molecule has 7 heteroatoms. The Hall–Kier alpha value is -2.60. The molecule has 0 fully saturated rings. The van der Waals surface area contributed by atoms with Gasteiger partial charge in [0.05, 0.1) is 16.7 Å². The zero-order valence-electron chi connectivity index (χ0n) is 15.4. The van der Waals surface area contributed by atoms with E-state index in [1.165, 1.54) is 17.4 Å². The number of amides is 1. The van der Waals surface area contributed by atoms with E-state index in [1.54, 1.807) is 31.2 Å². The molecule has 0 radical (unpaired) electrons. The minimum Gasteiger partial charge on any atom is -0.462 e. The number of rotatable bonds is 6. The number of ether oxygens (including phenoxy) is 1. The topological polar surface area (TPSA) is 55.4 Å². The highest BCUT2D eigenvalue weighted by Gasteiger charge is 2.22. The zero-order valence-corrected chi connectivity index (χ0v) is 17.8. The van der Waals surface area contributed by atoms with E-state index >= 15 is 0 Å². The van der Waals surface area contributed by atoms with Gasteiger partial charge in [0.2, 0.25) is 5.91 Å². The summed E-state index contributed by atoms with van der Waals surface area (Å²) in [6, 6.07) is 14.6. The third kappa shape index (κ3) is 5.26. The lowest BCUT2D eigenvalue weighted by Crippen LogP contribution is -2.12. The lowest BCUT2D eigenvalue weighted by atomic mass is 10.0. The molecule has 0 bridgehead atoms. The van der Waals surface area contributed by atoms with Crippen LogP contribution >= 0.6 is 34.5 Å². The zero-order chi connectivity index (χ0) is 20.8. The molecule has 148 valence electrons. The van der Waals surface area contributed by atoms with Crippen LogP contribution in [0.25, 0.3) is 17.2 Å². The van der Waals surface area contributed by atoms with Gasteiger partial charge < -0.3 is 10.1 Å². The highest BCUT2D eigenvalue weighted by atomic mass is 35.5. The summed E-state index contributed by atoms with van der Waals surface area (Å²) in [4.78, 5) is 25.0. The first-order chi connectivity index (χ1) is 14.0. The molecule has 0 atom stereocenters. The maximum absolute atomic E-state index is 12.5. The highest BCUT2D eigenvalue weighted by Crippen LogP contribution is 2.36. The summed E-state index contributed by atoms with van der Waals surface area (Å²) >= 11 is 13.2. The summed E-state index contributed by atoms with van der Waals surface area (Å²) in [6.07, 6.45) is 2.99. The van der Waals surface area contributed by atoms with Crippen LogP contribution in [0.5, 0.6) is 0 Å². The van der Waals surface area contributed by atoms with Crippen molar-refractivity contribution in [1.82, 2.24) is 0 Å². The number of esters is 1. The number of nitrogens with one attached hydrogen (secondary N) is 1. The first-order valence-corrected chi connectivity index (χ1v) is 10.4. The standard InChI is InChI=1S/C22H17Cl2NO3S/c1-2-28-22(27)20-16(15-6-4-3-5-7-15)13-29-21(20)25-19(26)11-9-14-8-10-17(23)18(24)12-14/h3-13H,2H2,1H3,(H,25,26)/b11-9+. The molecule has 2 aromatic carbocycles. The molecule has 0 aliphatic heterocycles. The van der Waals surface area contributed by atoms with Gasteiger partial charge in [0, 0.05) is 17.0 Å². The maximum Gasteiger partial charge on any atom is 0.341 e. The molecule has 0 spiro atoms. The number of benzene rings is 2. The fraction of sp³-hybridized carbons (Fsp3) is 0.0909. The minimum absolute atomic E-state index is 0.244. The van der Waals surface area contributed by atoms with Gasteiger partial charge in [0.15, 0.2) is 0 Å². The van der Waals surface area contributed by atoms with Gasteiger partial charge in [-0.1, -0.05) is 59.6 Å². The Labute approximate surface area is 182 Å². The van der Waals surface area contributed by atoms with Crippen LogP contribution in [0, 0.1) is 0 Å². The van der Waals surface area contributed by atoms with Crippen LogP contribution in [-0.2, 0) is 9.53 Å². The fourth-order valence-corrected chi connectivity index (χ4v) is 3.89. The normalized spacial score (nSPS) is 10.9. The molecule has 1 aromatic heterocycles. The minimum atomic E-state index is -0.476. The number of carbonyl (C=O) groups is 2. The smallest absolute Gasteiger partial charge is 0.341 e. The first-order valence-electron chi connectivity index (χ1n) is 8.77. The largest absolute Gasteiger partial charge is 0.462 e. The molecule has 3 rings (SSSR count). The van der Waals surface area contributed by atoms with Crippen molar-refractivity contribution in [1.29, 1.82) is 0 Å². The molecule has 0 saturated heterocycles. The number of hydrogen-bond acceptors (Lipinski definition) is 4. The molecule has 1 amide bonds. The summed E-state index contributed by atoms with van der Waals surface area (Å²) in [5, 5.41) is 5.89. The Morgan fingerprint density at radius 1 is 1.10 bits per heavy atom. The van der Waals surface area contributed by atoms with E-state index in [2.05, 4.69) is 5.32 Å². The van der Waals surface area contributed by atoms with Gasteiger partial charge in [-0.05, 0) is 36.3 Å². The van der Waals surface area contributed by atoms with E-state index in [4.69, 9.17) is 27.9 Å². The average molecular weight is 446 g/mol. The van der Waals surface area contributed by atoms with Crippen molar-refractivity contribution in [3.8, 4) is 11.1 Å². The second kappa shape index (κ2) is 9.74. The van der Waals surface area contributed by atoms with Crippen LogP contribution in [0.3, 0.4) is 0 Å². The molecule has 0 aliphatic rings. The third-order valence-electron chi connectivity index (χ3n) is 3.96. The van der Waals surface area contributed by atoms with E-state index in [9.17, 15) is 9.59 Å². The Morgan fingerprint density at radius 3 is 2.55 bits per heavy atom. The van der Waals surface area contributed by atoms with Crippen LogP contribution in [0.2, 0.25) is 10.0 Å². The van der Waals surface area contributed by atoms with E-state index < -0.39 is 5.97 Å². The maximum atomic E-state index is 12.5. The molecule has 3 aromatic rings. The van der Waals surface area contributed by atoms with Gasteiger partial charge in [0.25, 0.3) is 0 Å². The molecular weight excluding hydrogens is 429 g/mol. The van der Waals surface area contributed by atoms with E-state index in [0.29, 0.717) is 20.6 Å². The van der Waals surface area contributed by atoms with Gasteiger partial charge in [-0.25, -0.2) is 4.79 Å². The van der Waals surface area contributed by atoms with Crippen LogP contribution in [0.4, 0.5) is 5.00 Å². The lowest BCUT2D eigenvalue weighted by molar-refractivity contribution is -0.111. The molecule has 29 heavy (non-hydrogen) atoms. The number of carbonyl (C=O) groups excluding carboxylic acids is 2. The number of hydrogen-bond donors (Lipinski definition) is 1. The predicted octanol–water partition coefficient (Wildman–Crippen LogP) is 6.55. The van der Waals surface area contributed by atoms with Crippen molar-refractivity contribution in [2.45, 2.75) is 6.92 Å². The van der Waals surface area contributed by atoms with E-state index in [0.717, 1.165) is 16.7 Å². The van der Waals surface area contributed by atoms with Gasteiger partial charge in [-0.2, -0.15) is 0 Å². The molecule has 0 aliphatic carbocycles. The van der Waals surface area contributed by atoms with Gasteiger partial charge in [-0.15, -0.1) is 11.3 Å². The number of halogens is 2. The van der Waals surface area contributed by atoms with Crippen LogP contribution in [0.1, 0.15) is 22.8 Å². The van der Waals surface area contributed by atoms with Crippen molar-refractivity contribution < 1.29 is 14.3 Å². The van der Waals surface area contributed by atoms with Crippen molar-refractivity contribution in [2.75, 3.05) is 11.9 Å². The van der Waals surface area contributed by atoms with Crippen molar-refractivity contribution in [3.63, 3.8) is 0 Å². The van der Waals surface area contributed by atoms with Crippen LogP contribution < -0.4 is 5.32 Å². The van der Waals surface area contributed by atoms with Gasteiger partial charge in [0.1, 0.15) is 10.6 Å². The molecule has 0 saturated carbocycles. The summed E-state index contributed by atoms with van der Waals surface area (Å²) in [7, 11) is 0. The first kappa shape index (κ1) is 21.1. The SMILES string of the molecule is CCOC(=O)c1c(-c2ccccc2)csc1NC(=O)/C=C/c1ccc(Cl)c(Cl)c1.